The van der Waals surface area contributed by atoms with Crippen molar-refractivity contribution in [2.75, 3.05) is 5.32 Å². The van der Waals surface area contributed by atoms with Crippen molar-refractivity contribution in [1.82, 2.24) is 5.32 Å². The summed E-state index contributed by atoms with van der Waals surface area (Å²) in [5, 5.41) is 5.68. The average molecular weight is 275 g/mol. The third kappa shape index (κ3) is 4.06. The van der Waals surface area contributed by atoms with Crippen molar-refractivity contribution in [2.45, 2.75) is 38.8 Å². The van der Waals surface area contributed by atoms with Crippen LogP contribution in [0.1, 0.15) is 31.7 Å². The minimum absolute atomic E-state index is 0.0826. The summed E-state index contributed by atoms with van der Waals surface area (Å²) in [6.07, 6.45) is 2.58. The first-order chi connectivity index (χ1) is 9.60. The first kappa shape index (κ1) is 14.5. The first-order valence-electron chi connectivity index (χ1n) is 7.03. The topological polar surface area (TPSA) is 84.2 Å². The Balaban J connectivity index is 1.88. The van der Waals surface area contributed by atoms with Gasteiger partial charge in [0, 0.05) is 18.2 Å². The Labute approximate surface area is 118 Å². The zero-order valence-electron chi connectivity index (χ0n) is 11.7. The molecule has 1 fully saturated rings. The van der Waals surface area contributed by atoms with Crippen LogP contribution >= 0.6 is 0 Å². The summed E-state index contributed by atoms with van der Waals surface area (Å²) in [7, 11) is 0. The van der Waals surface area contributed by atoms with Gasteiger partial charge >= 0.3 is 0 Å². The molecule has 0 bridgehead atoms. The highest BCUT2D eigenvalue weighted by Gasteiger charge is 2.29. The van der Waals surface area contributed by atoms with Gasteiger partial charge < -0.3 is 16.4 Å². The van der Waals surface area contributed by atoms with E-state index in [1.165, 1.54) is 0 Å². The lowest BCUT2D eigenvalue weighted by Gasteiger charge is -2.11. The van der Waals surface area contributed by atoms with E-state index in [-0.39, 0.29) is 17.7 Å². The molecule has 5 heteroatoms. The molecule has 0 radical (unpaired) electrons. The first-order valence-corrected chi connectivity index (χ1v) is 7.03. The number of hydrogen-bond acceptors (Lipinski definition) is 3. The van der Waals surface area contributed by atoms with Crippen LogP contribution in [-0.4, -0.2) is 17.9 Å². The molecule has 1 aromatic rings. The third-order valence-electron chi connectivity index (χ3n) is 3.39. The predicted molar refractivity (Wildman–Crippen MR) is 77.9 cm³/mol. The Morgan fingerprint density at radius 1 is 1.40 bits per heavy atom. The van der Waals surface area contributed by atoms with Crippen LogP contribution in [0.5, 0.6) is 0 Å². The maximum Gasteiger partial charge on any atom is 0.237 e. The summed E-state index contributed by atoms with van der Waals surface area (Å²) in [6.45, 7) is 2.29. The van der Waals surface area contributed by atoms with Gasteiger partial charge in [0.15, 0.2) is 0 Å². The van der Waals surface area contributed by atoms with Crippen LogP contribution < -0.4 is 16.4 Å². The normalized spacial score (nSPS) is 15.5. The van der Waals surface area contributed by atoms with E-state index in [9.17, 15) is 9.59 Å². The lowest BCUT2D eigenvalue weighted by atomic mass is 10.1. The minimum atomic E-state index is -0.465. The fraction of sp³-hybridized carbons (Fsp3) is 0.467. The molecule has 1 atom stereocenters. The van der Waals surface area contributed by atoms with Crippen LogP contribution in [0.3, 0.4) is 0 Å². The number of nitrogens with one attached hydrogen (secondary N) is 2. The molecule has 5 nitrogen and oxygen atoms in total. The standard InChI is InChI=1S/C15H21N3O2/c1-2-13(16)15(20)17-9-10-4-3-5-12(8-10)18-14(19)11-6-7-11/h3-5,8,11,13H,2,6-7,9,16H2,1H3,(H,17,20)(H,18,19)/t13-/m1/s1. The fourth-order valence-electron chi connectivity index (χ4n) is 1.85. The summed E-state index contributed by atoms with van der Waals surface area (Å²) < 4.78 is 0. The molecule has 0 saturated heterocycles. The molecule has 20 heavy (non-hydrogen) atoms. The lowest BCUT2D eigenvalue weighted by Crippen LogP contribution is -2.39. The van der Waals surface area contributed by atoms with Crippen molar-refractivity contribution < 1.29 is 9.59 Å². The maximum atomic E-state index is 11.7. The molecule has 4 N–H and O–H groups in total. The lowest BCUT2D eigenvalue weighted by molar-refractivity contribution is -0.122. The molecule has 0 heterocycles. The summed E-state index contributed by atoms with van der Waals surface area (Å²) in [6, 6.07) is 7.03. The van der Waals surface area contributed by atoms with Crippen molar-refractivity contribution in [3.8, 4) is 0 Å². The van der Waals surface area contributed by atoms with Gasteiger partial charge in [-0.15, -0.1) is 0 Å². The SMILES string of the molecule is CC[C@@H](N)C(=O)NCc1cccc(NC(=O)C2CC2)c1. The smallest absolute Gasteiger partial charge is 0.237 e. The van der Waals surface area contributed by atoms with Crippen LogP contribution in [0, 0.1) is 5.92 Å². The number of rotatable bonds is 6. The number of nitrogens with two attached hydrogens (primary N) is 1. The number of hydrogen-bond donors (Lipinski definition) is 3. The molecule has 2 amide bonds. The quantitative estimate of drug-likeness (QED) is 0.733. The summed E-state index contributed by atoms with van der Waals surface area (Å²) in [5.41, 5.74) is 7.36. The van der Waals surface area contributed by atoms with E-state index >= 15 is 0 Å². The van der Waals surface area contributed by atoms with Crippen molar-refractivity contribution in [1.29, 1.82) is 0 Å². The van der Waals surface area contributed by atoms with E-state index in [1.807, 2.05) is 31.2 Å². The van der Waals surface area contributed by atoms with Crippen molar-refractivity contribution in [3.05, 3.63) is 29.8 Å². The summed E-state index contributed by atoms with van der Waals surface area (Å²) >= 11 is 0. The van der Waals surface area contributed by atoms with Gasteiger partial charge in [-0.1, -0.05) is 19.1 Å². The second-order valence-corrected chi connectivity index (χ2v) is 5.20. The Morgan fingerprint density at radius 2 is 2.15 bits per heavy atom. The van der Waals surface area contributed by atoms with Crippen molar-refractivity contribution >= 4 is 17.5 Å². The molecule has 0 aromatic heterocycles. The van der Waals surface area contributed by atoms with Crippen LogP contribution in [0.15, 0.2) is 24.3 Å². The molecular weight excluding hydrogens is 254 g/mol. The Hall–Kier alpha value is -1.88. The van der Waals surface area contributed by atoms with E-state index in [2.05, 4.69) is 10.6 Å². The van der Waals surface area contributed by atoms with Gasteiger partial charge in [-0.25, -0.2) is 0 Å². The van der Waals surface area contributed by atoms with Crippen molar-refractivity contribution in [3.63, 3.8) is 0 Å². The van der Waals surface area contributed by atoms with E-state index in [0.29, 0.717) is 13.0 Å². The molecule has 1 saturated carbocycles. The second-order valence-electron chi connectivity index (χ2n) is 5.20. The average Bonchev–Trinajstić information content (AvgIpc) is 3.28. The van der Waals surface area contributed by atoms with Gasteiger partial charge in [-0.3, -0.25) is 9.59 Å². The van der Waals surface area contributed by atoms with Gasteiger partial charge in [0.05, 0.1) is 6.04 Å². The van der Waals surface area contributed by atoms with Gasteiger partial charge in [0.25, 0.3) is 0 Å². The molecule has 0 aliphatic heterocycles. The molecule has 1 aliphatic carbocycles. The van der Waals surface area contributed by atoms with E-state index in [0.717, 1.165) is 24.1 Å². The maximum absolute atomic E-state index is 11.7. The highest BCUT2D eigenvalue weighted by molar-refractivity contribution is 5.94. The Bertz CT molecular complexity index is 498. The number of amides is 2. The van der Waals surface area contributed by atoms with Crippen LogP contribution in [-0.2, 0) is 16.1 Å². The van der Waals surface area contributed by atoms with Gasteiger partial charge in [0.1, 0.15) is 0 Å². The predicted octanol–water partition coefficient (Wildman–Crippen LogP) is 1.39. The molecule has 1 aliphatic rings. The van der Waals surface area contributed by atoms with Crippen LogP contribution in [0.4, 0.5) is 5.69 Å². The highest BCUT2D eigenvalue weighted by atomic mass is 16.2. The molecule has 1 aromatic carbocycles. The zero-order valence-corrected chi connectivity index (χ0v) is 11.7. The largest absolute Gasteiger partial charge is 0.351 e. The molecule has 108 valence electrons. The summed E-state index contributed by atoms with van der Waals surface area (Å²) in [4.78, 5) is 23.3. The number of carbonyl (C=O) groups excluding carboxylic acids is 2. The van der Waals surface area contributed by atoms with Crippen LogP contribution in [0.2, 0.25) is 0 Å². The number of carbonyl (C=O) groups is 2. The van der Waals surface area contributed by atoms with E-state index < -0.39 is 6.04 Å². The van der Waals surface area contributed by atoms with E-state index in [1.54, 1.807) is 0 Å². The van der Waals surface area contributed by atoms with Gasteiger partial charge in [-0.2, -0.15) is 0 Å². The third-order valence-corrected chi connectivity index (χ3v) is 3.39. The van der Waals surface area contributed by atoms with Gasteiger partial charge in [-0.05, 0) is 37.0 Å². The monoisotopic (exact) mass is 275 g/mol. The van der Waals surface area contributed by atoms with E-state index in [4.69, 9.17) is 5.73 Å². The molecular formula is C15H21N3O2. The summed E-state index contributed by atoms with van der Waals surface area (Å²) in [5.74, 6) is 0.111. The molecule has 2 rings (SSSR count). The highest BCUT2D eigenvalue weighted by Crippen LogP contribution is 2.30. The molecule has 0 unspecified atom stereocenters. The van der Waals surface area contributed by atoms with Gasteiger partial charge in [0.2, 0.25) is 11.8 Å². The Kier molecular flexibility index (Phi) is 4.74. The number of benzene rings is 1. The molecule has 0 spiro atoms. The second kappa shape index (κ2) is 6.52. The fourth-order valence-corrected chi connectivity index (χ4v) is 1.85. The minimum Gasteiger partial charge on any atom is -0.351 e. The number of anilines is 1. The van der Waals surface area contributed by atoms with Crippen LogP contribution in [0.25, 0.3) is 0 Å². The zero-order chi connectivity index (χ0) is 14.5. The van der Waals surface area contributed by atoms with Crippen molar-refractivity contribution in [2.24, 2.45) is 11.7 Å². The Morgan fingerprint density at radius 3 is 2.80 bits per heavy atom.